The van der Waals surface area contributed by atoms with Crippen LogP contribution in [0.4, 0.5) is 5.69 Å². The Hall–Kier alpha value is -2.92. The zero-order chi connectivity index (χ0) is 16.4. The Kier molecular flexibility index (Phi) is 3.84. The van der Waals surface area contributed by atoms with Gasteiger partial charge in [-0.1, -0.05) is 24.3 Å². The third-order valence-electron chi connectivity index (χ3n) is 3.61. The molecule has 0 aliphatic heterocycles. The van der Waals surface area contributed by atoms with Crippen LogP contribution < -0.4 is 5.32 Å². The number of hydrogen-bond acceptors (Lipinski definition) is 4. The van der Waals surface area contributed by atoms with Gasteiger partial charge in [-0.3, -0.25) is 4.79 Å². The molecule has 118 valence electrons. The summed E-state index contributed by atoms with van der Waals surface area (Å²) in [6.45, 7) is 0. The smallest absolute Gasteiger partial charge is 0.229 e. The van der Waals surface area contributed by atoms with Gasteiger partial charge in [-0.05, 0) is 35.7 Å². The van der Waals surface area contributed by atoms with Crippen LogP contribution in [-0.2, 0) is 11.2 Å². The van der Waals surface area contributed by atoms with E-state index in [4.69, 9.17) is 4.42 Å². The summed E-state index contributed by atoms with van der Waals surface area (Å²) in [5, 5.41) is 4.87. The molecular formula is C19H14N2O2S. The Balaban J connectivity index is 1.56. The van der Waals surface area contributed by atoms with Gasteiger partial charge in [-0.2, -0.15) is 0 Å². The van der Waals surface area contributed by atoms with Crippen molar-refractivity contribution >= 4 is 34.0 Å². The number of rotatable bonds is 4. The van der Waals surface area contributed by atoms with E-state index in [9.17, 15) is 4.79 Å². The molecule has 0 spiro atoms. The minimum absolute atomic E-state index is 0.0420. The summed E-state index contributed by atoms with van der Waals surface area (Å²) in [4.78, 5) is 17.6. The van der Waals surface area contributed by atoms with E-state index in [1.165, 1.54) is 0 Å². The van der Waals surface area contributed by atoms with Gasteiger partial charge >= 0.3 is 0 Å². The fraction of sp³-hybridized carbons (Fsp3) is 0.0526. The molecule has 2 aromatic carbocycles. The molecule has 0 atom stereocenters. The van der Waals surface area contributed by atoms with Crippen LogP contribution in [0.15, 0.2) is 70.5 Å². The van der Waals surface area contributed by atoms with Crippen molar-refractivity contribution in [3.8, 4) is 11.5 Å². The highest BCUT2D eigenvalue weighted by Crippen LogP contribution is 2.26. The van der Waals surface area contributed by atoms with Crippen LogP contribution >= 0.6 is 11.3 Å². The highest BCUT2D eigenvalue weighted by atomic mass is 32.1. The van der Waals surface area contributed by atoms with E-state index in [1.807, 2.05) is 60.0 Å². The minimum Gasteiger partial charge on any atom is -0.436 e. The monoisotopic (exact) mass is 334 g/mol. The van der Waals surface area contributed by atoms with Crippen LogP contribution in [0.2, 0.25) is 0 Å². The van der Waals surface area contributed by atoms with Gasteiger partial charge in [0.15, 0.2) is 5.58 Å². The molecule has 0 aliphatic rings. The van der Waals surface area contributed by atoms with Crippen molar-refractivity contribution in [3.63, 3.8) is 0 Å². The van der Waals surface area contributed by atoms with Gasteiger partial charge in [0.1, 0.15) is 5.52 Å². The maximum absolute atomic E-state index is 12.1. The molecule has 5 heteroatoms. The number of carbonyl (C=O) groups excluding carboxylic acids is 1. The fourth-order valence-electron chi connectivity index (χ4n) is 2.48. The largest absolute Gasteiger partial charge is 0.436 e. The van der Waals surface area contributed by atoms with Crippen molar-refractivity contribution < 1.29 is 9.21 Å². The SMILES string of the molecule is O=C(Cc1cccs1)Nc1ccc2nc(-c3ccccc3)oc2c1. The van der Waals surface area contributed by atoms with Gasteiger partial charge in [0.05, 0.1) is 6.42 Å². The van der Waals surface area contributed by atoms with Crippen molar-refractivity contribution in [1.29, 1.82) is 0 Å². The average molecular weight is 334 g/mol. The molecule has 1 amide bonds. The lowest BCUT2D eigenvalue weighted by Crippen LogP contribution is -2.13. The predicted molar refractivity (Wildman–Crippen MR) is 96.1 cm³/mol. The van der Waals surface area contributed by atoms with Crippen molar-refractivity contribution in [2.75, 3.05) is 5.32 Å². The normalized spacial score (nSPS) is 10.8. The van der Waals surface area contributed by atoms with Crippen LogP contribution in [0.25, 0.3) is 22.6 Å². The Bertz CT molecular complexity index is 975. The molecular weight excluding hydrogens is 320 g/mol. The maximum atomic E-state index is 12.1. The molecule has 1 N–H and O–H groups in total. The summed E-state index contributed by atoms with van der Waals surface area (Å²) < 4.78 is 5.82. The Labute approximate surface area is 142 Å². The molecule has 2 heterocycles. The molecule has 0 unspecified atom stereocenters. The van der Waals surface area contributed by atoms with Gasteiger partial charge in [-0.25, -0.2) is 4.98 Å². The Morgan fingerprint density at radius 3 is 2.75 bits per heavy atom. The number of anilines is 1. The van der Waals surface area contributed by atoms with Crippen LogP contribution in [0.3, 0.4) is 0 Å². The summed E-state index contributed by atoms with van der Waals surface area (Å²) in [5.41, 5.74) is 3.06. The van der Waals surface area contributed by atoms with Gasteiger partial charge in [-0.15, -0.1) is 11.3 Å². The highest BCUT2D eigenvalue weighted by molar-refractivity contribution is 7.10. The molecule has 4 aromatic rings. The van der Waals surface area contributed by atoms with Crippen LogP contribution in [-0.4, -0.2) is 10.9 Å². The van der Waals surface area contributed by atoms with E-state index >= 15 is 0 Å². The average Bonchev–Trinajstić information content (AvgIpc) is 3.24. The lowest BCUT2D eigenvalue weighted by molar-refractivity contribution is -0.115. The first-order chi connectivity index (χ1) is 11.8. The second-order valence-corrected chi connectivity index (χ2v) is 6.40. The quantitative estimate of drug-likeness (QED) is 0.586. The number of carbonyl (C=O) groups is 1. The number of nitrogens with zero attached hydrogens (tertiary/aromatic N) is 1. The summed E-state index contributed by atoms with van der Waals surface area (Å²) in [6, 6.07) is 19.1. The molecule has 0 saturated carbocycles. The molecule has 0 fully saturated rings. The first-order valence-electron chi connectivity index (χ1n) is 7.56. The van der Waals surface area contributed by atoms with E-state index in [0.717, 1.165) is 16.0 Å². The second kappa shape index (κ2) is 6.29. The third-order valence-corrected chi connectivity index (χ3v) is 4.48. The van der Waals surface area contributed by atoms with Crippen LogP contribution in [0, 0.1) is 0 Å². The van der Waals surface area contributed by atoms with Crippen molar-refractivity contribution in [2.24, 2.45) is 0 Å². The number of fused-ring (bicyclic) bond motifs is 1. The number of amides is 1. The zero-order valence-electron chi connectivity index (χ0n) is 12.7. The second-order valence-electron chi connectivity index (χ2n) is 5.37. The Morgan fingerprint density at radius 2 is 1.96 bits per heavy atom. The first kappa shape index (κ1) is 14.7. The maximum Gasteiger partial charge on any atom is 0.229 e. The molecule has 24 heavy (non-hydrogen) atoms. The van der Waals surface area contributed by atoms with Gasteiger partial charge in [0.2, 0.25) is 11.8 Å². The summed E-state index contributed by atoms with van der Waals surface area (Å²) in [7, 11) is 0. The number of hydrogen-bond donors (Lipinski definition) is 1. The fourth-order valence-corrected chi connectivity index (χ4v) is 3.19. The number of thiophene rings is 1. The topological polar surface area (TPSA) is 55.1 Å². The van der Waals surface area contributed by atoms with Crippen molar-refractivity contribution in [3.05, 3.63) is 70.9 Å². The zero-order valence-corrected chi connectivity index (χ0v) is 13.5. The van der Waals surface area contributed by atoms with E-state index in [-0.39, 0.29) is 5.91 Å². The van der Waals surface area contributed by atoms with Gasteiger partial charge in [0, 0.05) is 22.2 Å². The molecule has 0 radical (unpaired) electrons. The predicted octanol–water partition coefficient (Wildman–Crippen LogP) is 4.74. The first-order valence-corrected chi connectivity index (χ1v) is 8.44. The molecule has 4 rings (SSSR count). The lowest BCUT2D eigenvalue weighted by Gasteiger charge is -2.03. The van der Waals surface area contributed by atoms with E-state index in [0.29, 0.717) is 23.6 Å². The van der Waals surface area contributed by atoms with Gasteiger partial charge < -0.3 is 9.73 Å². The highest BCUT2D eigenvalue weighted by Gasteiger charge is 2.10. The Morgan fingerprint density at radius 1 is 1.08 bits per heavy atom. The van der Waals surface area contributed by atoms with E-state index in [2.05, 4.69) is 10.3 Å². The minimum atomic E-state index is -0.0420. The number of benzene rings is 2. The number of oxazole rings is 1. The van der Waals surface area contributed by atoms with E-state index in [1.54, 1.807) is 17.4 Å². The lowest BCUT2D eigenvalue weighted by atomic mass is 10.2. The summed E-state index contributed by atoms with van der Waals surface area (Å²) >= 11 is 1.58. The summed E-state index contributed by atoms with van der Waals surface area (Å²) in [6.07, 6.45) is 0.376. The van der Waals surface area contributed by atoms with Crippen molar-refractivity contribution in [2.45, 2.75) is 6.42 Å². The van der Waals surface area contributed by atoms with Gasteiger partial charge in [0.25, 0.3) is 0 Å². The molecule has 2 aromatic heterocycles. The van der Waals surface area contributed by atoms with Crippen LogP contribution in [0.5, 0.6) is 0 Å². The molecule has 0 bridgehead atoms. The number of aromatic nitrogens is 1. The van der Waals surface area contributed by atoms with E-state index < -0.39 is 0 Å². The molecule has 4 nitrogen and oxygen atoms in total. The standard InChI is InChI=1S/C19H14N2O2S/c22-18(12-15-7-4-10-24-15)20-14-8-9-16-17(11-14)23-19(21-16)13-5-2-1-3-6-13/h1-11H,12H2,(H,20,22). The van der Waals surface area contributed by atoms with Crippen molar-refractivity contribution in [1.82, 2.24) is 4.98 Å². The third kappa shape index (κ3) is 3.07. The molecule has 0 saturated heterocycles. The van der Waals surface area contributed by atoms with Crippen LogP contribution in [0.1, 0.15) is 4.88 Å². The number of nitrogens with one attached hydrogen (secondary N) is 1. The molecule has 0 aliphatic carbocycles. The summed E-state index contributed by atoms with van der Waals surface area (Å²) in [5.74, 6) is 0.535.